The van der Waals surface area contributed by atoms with E-state index in [2.05, 4.69) is 10.2 Å². The largest absolute Gasteiger partial charge is 0.348 e. The van der Waals surface area contributed by atoms with Crippen molar-refractivity contribution < 1.29 is 0 Å². The fraction of sp³-hybridized carbons (Fsp3) is 0.222. The molecule has 0 atom stereocenters. The van der Waals surface area contributed by atoms with Gasteiger partial charge in [0.05, 0.1) is 12.7 Å². The number of rotatable bonds is 2. The minimum Gasteiger partial charge on any atom is -0.348 e. The molecule has 0 saturated heterocycles. The van der Waals surface area contributed by atoms with E-state index in [0.29, 0.717) is 6.54 Å². The summed E-state index contributed by atoms with van der Waals surface area (Å²) in [7, 11) is 1.77. The van der Waals surface area contributed by atoms with Crippen molar-refractivity contribution in [2.75, 3.05) is 0 Å². The molecule has 0 N–H and O–H groups in total. The smallest absolute Gasteiger partial charge is 0.181 e. The lowest BCUT2D eigenvalue weighted by Gasteiger charge is -2.00. The summed E-state index contributed by atoms with van der Waals surface area (Å²) in [4.78, 5) is 12.3. The predicted molar refractivity (Wildman–Crippen MR) is 50.8 cm³/mol. The summed E-state index contributed by atoms with van der Waals surface area (Å²) in [6.45, 7) is 0.633. The van der Waals surface area contributed by atoms with Crippen LogP contribution < -0.4 is 5.43 Å². The third kappa shape index (κ3) is 1.87. The van der Waals surface area contributed by atoms with Crippen molar-refractivity contribution in [2.24, 2.45) is 7.05 Å². The molecule has 14 heavy (non-hydrogen) atoms. The quantitative estimate of drug-likeness (QED) is 0.671. The summed E-state index contributed by atoms with van der Waals surface area (Å²) >= 11 is 0. The molecule has 0 aromatic carbocycles. The van der Waals surface area contributed by atoms with Crippen LogP contribution in [0.2, 0.25) is 0 Å². The zero-order chi connectivity index (χ0) is 9.97. The monoisotopic (exact) mass is 190 g/mol. The Labute approximate surface area is 80.6 Å². The van der Waals surface area contributed by atoms with E-state index in [9.17, 15) is 4.79 Å². The highest BCUT2D eigenvalue weighted by Gasteiger charge is 1.97. The number of hydrogen-bond donors (Lipinski definition) is 0. The second kappa shape index (κ2) is 3.45. The average molecular weight is 190 g/mol. The van der Waals surface area contributed by atoms with E-state index >= 15 is 0 Å². The highest BCUT2D eigenvalue weighted by atomic mass is 16.1. The molecule has 0 fully saturated rings. The van der Waals surface area contributed by atoms with Crippen LogP contribution in [0.3, 0.4) is 0 Å². The van der Waals surface area contributed by atoms with Gasteiger partial charge in [0, 0.05) is 31.6 Å². The molecule has 0 aliphatic carbocycles. The van der Waals surface area contributed by atoms with Gasteiger partial charge in [-0.1, -0.05) is 0 Å². The van der Waals surface area contributed by atoms with Gasteiger partial charge in [-0.15, -0.1) is 0 Å². The van der Waals surface area contributed by atoms with E-state index in [1.165, 1.54) is 16.9 Å². The van der Waals surface area contributed by atoms with Crippen LogP contribution in [0.5, 0.6) is 0 Å². The van der Waals surface area contributed by atoms with Crippen molar-refractivity contribution >= 4 is 0 Å². The molecule has 2 aromatic rings. The molecule has 2 aromatic heterocycles. The highest BCUT2D eigenvalue weighted by Crippen LogP contribution is 1.94. The van der Waals surface area contributed by atoms with Gasteiger partial charge in [0.1, 0.15) is 5.69 Å². The van der Waals surface area contributed by atoms with Crippen LogP contribution in [0.25, 0.3) is 0 Å². The van der Waals surface area contributed by atoms with E-state index in [4.69, 9.17) is 0 Å². The lowest BCUT2D eigenvalue weighted by molar-refractivity contribution is 0.636. The van der Waals surface area contributed by atoms with Crippen molar-refractivity contribution in [3.63, 3.8) is 0 Å². The lowest BCUT2D eigenvalue weighted by Crippen LogP contribution is -2.05. The Morgan fingerprint density at radius 1 is 1.36 bits per heavy atom. The molecule has 0 bridgehead atoms. The van der Waals surface area contributed by atoms with Crippen LogP contribution in [-0.4, -0.2) is 19.6 Å². The topological polar surface area (TPSA) is 52.7 Å². The molecule has 72 valence electrons. The lowest BCUT2D eigenvalue weighted by atomic mass is 10.4. The molecule has 0 saturated carbocycles. The number of pyridine rings is 1. The molecular weight excluding hydrogens is 180 g/mol. The Morgan fingerprint density at radius 3 is 2.64 bits per heavy atom. The van der Waals surface area contributed by atoms with Gasteiger partial charge in [0.15, 0.2) is 5.43 Å². The second-order valence-corrected chi connectivity index (χ2v) is 3.03. The summed E-state index contributed by atoms with van der Waals surface area (Å²) in [5.74, 6) is 0. The SMILES string of the molecule is Cn1ncc(Cn2ccc(=O)cc2)n1. The fourth-order valence-corrected chi connectivity index (χ4v) is 1.20. The van der Waals surface area contributed by atoms with Gasteiger partial charge in [-0.25, -0.2) is 0 Å². The Hall–Kier alpha value is -1.91. The molecule has 5 heteroatoms. The molecule has 0 spiro atoms. The molecule has 2 heterocycles. The van der Waals surface area contributed by atoms with Crippen LogP contribution in [0.1, 0.15) is 5.69 Å². The summed E-state index contributed by atoms with van der Waals surface area (Å²) in [6.07, 6.45) is 5.17. The van der Waals surface area contributed by atoms with Crippen LogP contribution in [-0.2, 0) is 13.6 Å². The fourth-order valence-electron chi connectivity index (χ4n) is 1.20. The minimum atomic E-state index is 0.0143. The number of hydrogen-bond acceptors (Lipinski definition) is 3. The van der Waals surface area contributed by atoms with Gasteiger partial charge in [0.2, 0.25) is 0 Å². The van der Waals surface area contributed by atoms with Crippen molar-refractivity contribution in [2.45, 2.75) is 6.54 Å². The predicted octanol–water partition coefficient (Wildman–Crippen LogP) is 0.0251. The standard InChI is InChI=1S/C9H10N4O/c1-12-10-6-8(11-12)7-13-4-2-9(14)3-5-13/h2-6H,7H2,1H3. The normalized spacial score (nSPS) is 10.4. The van der Waals surface area contributed by atoms with Crippen LogP contribution in [0.4, 0.5) is 0 Å². The first-order valence-corrected chi connectivity index (χ1v) is 4.25. The molecule has 5 nitrogen and oxygen atoms in total. The first-order valence-electron chi connectivity index (χ1n) is 4.25. The molecule has 0 radical (unpaired) electrons. The summed E-state index contributed by atoms with van der Waals surface area (Å²) in [5, 5.41) is 8.10. The maximum atomic E-state index is 10.8. The van der Waals surface area contributed by atoms with Gasteiger partial charge >= 0.3 is 0 Å². The van der Waals surface area contributed by atoms with Gasteiger partial charge in [-0.2, -0.15) is 15.0 Å². The van der Waals surface area contributed by atoms with Crippen molar-refractivity contribution in [3.8, 4) is 0 Å². The Balaban J connectivity index is 2.19. The second-order valence-electron chi connectivity index (χ2n) is 3.03. The van der Waals surface area contributed by atoms with Crippen LogP contribution in [0, 0.1) is 0 Å². The third-order valence-electron chi connectivity index (χ3n) is 1.85. The number of aromatic nitrogens is 4. The van der Waals surface area contributed by atoms with Gasteiger partial charge < -0.3 is 4.57 Å². The van der Waals surface area contributed by atoms with Crippen LogP contribution >= 0.6 is 0 Å². The summed E-state index contributed by atoms with van der Waals surface area (Å²) < 4.78 is 1.88. The van der Waals surface area contributed by atoms with E-state index < -0.39 is 0 Å². The van der Waals surface area contributed by atoms with E-state index in [0.717, 1.165) is 5.69 Å². The highest BCUT2D eigenvalue weighted by molar-refractivity contribution is 4.98. The first kappa shape index (κ1) is 8.68. The first-order chi connectivity index (χ1) is 6.74. The average Bonchev–Trinajstić information content (AvgIpc) is 2.56. The third-order valence-corrected chi connectivity index (χ3v) is 1.85. The van der Waals surface area contributed by atoms with Gasteiger partial charge in [-0.3, -0.25) is 4.79 Å². The molecule has 0 unspecified atom stereocenters. The van der Waals surface area contributed by atoms with Crippen molar-refractivity contribution in [3.05, 3.63) is 46.6 Å². The van der Waals surface area contributed by atoms with E-state index in [-0.39, 0.29) is 5.43 Å². The van der Waals surface area contributed by atoms with Crippen LogP contribution in [0.15, 0.2) is 35.5 Å². The van der Waals surface area contributed by atoms with E-state index in [1.807, 2.05) is 4.57 Å². The van der Waals surface area contributed by atoms with Crippen molar-refractivity contribution in [1.82, 2.24) is 19.6 Å². The Morgan fingerprint density at radius 2 is 2.07 bits per heavy atom. The maximum Gasteiger partial charge on any atom is 0.181 e. The maximum absolute atomic E-state index is 10.8. The zero-order valence-corrected chi connectivity index (χ0v) is 7.79. The Kier molecular flexibility index (Phi) is 2.14. The summed E-state index contributed by atoms with van der Waals surface area (Å²) in [6, 6.07) is 3.05. The molecule has 0 aliphatic heterocycles. The van der Waals surface area contributed by atoms with Gasteiger partial charge in [0.25, 0.3) is 0 Å². The van der Waals surface area contributed by atoms with E-state index in [1.54, 1.807) is 25.6 Å². The molecule has 0 aliphatic rings. The number of aryl methyl sites for hydroxylation is 1. The Bertz CT molecular complexity index is 465. The molecular formula is C9H10N4O. The summed E-state index contributed by atoms with van der Waals surface area (Å²) in [5.41, 5.74) is 0.886. The zero-order valence-electron chi connectivity index (χ0n) is 7.79. The molecule has 2 rings (SSSR count). The van der Waals surface area contributed by atoms with Crippen molar-refractivity contribution in [1.29, 1.82) is 0 Å². The minimum absolute atomic E-state index is 0.0143. The molecule has 0 amide bonds. The number of nitrogens with zero attached hydrogens (tertiary/aromatic N) is 4. The van der Waals surface area contributed by atoms with Gasteiger partial charge in [-0.05, 0) is 0 Å².